The molecule has 1 saturated heterocycles. The second-order valence-corrected chi connectivity index (χ2v) is 7.61. The van der Waals surface area contributed by atoms with E-state index < -0.39 is 28.1 Å². The van der Waals surface area contributed by atoms with Crippen molar-refractivity contribution in [1.29, 1.82) is 0 Å². The van der Waals surface area contributed by atoms with Crippen molar-refractivity contribution in [3.63, 3.8) is 0 Å². The van der Waals surface area contributed by atoms with Crippen LogP contribution in [-0.4, -0.2) is 54.2 Å². The predicted octanol–water partition coefficient (Wildman–Crippen LogP) is 1.78. The molecule has 3 rings (SSSR count). The normalized spacial score (nSPS) is 20.7. The molecule has 1 aliphatic rings. The number of pyridine rings is 1. The van der Waals surface area contributed by atoms with Gasteiger partial charge in [-0.1, -0.05) is 5.16 Å². The molecule has 0 aliphatic carbocycles. The van der Waals surface area contributed by atoms with Crippen molar-refractivity contribution in [2.24, 2.45) is 0 Å². The van der Waals surface area contributed by atoms with Gasteiger partial charge in [-0.25, -0.2) is 17.7 Å². The van der Waals surface area contributed by atoms with E-state index >= 15 is 0 Å². The van der Waals surface area contributed by atoms with Crippen LogP contribution in [0.3, 0.4) is 0 Å². The van der Waals surface area contributed by atoms with Crippen molar-refractivity contribution in [2.45, 2.75) is 17.8 Å². The molecular weight excluding hydrogens is 365 g/mol. The van der Waals surface area contributed by atoms with Gasteiger partial charge in [0.15, 0.2) is 11.9 Å². The first-order valence-electron chi connectivity index (χ1n) is 7.11. The maximum atomic E-state index is 12.2. The largest absolute Gasteiger partial charge is 0.468 e. The van der Waals surface area contributed by atoms with Crippen LogP contribution in [0.1, 0.15) is 17.6 Å². The SMILES string of the molecule is CN1CCC(c2nc(-c3ccnc(OCC(F)(F)F)c3)no2)S1(=O)=O. The third-order valence-electron chi connectivity index (χ3n) is 3.59. The highest BCUT2D eigenvalue weighted by Crippen LogP contribution is 2.34. The summed E-state index contributed by atoms with van der Waals surface area (Å²) in [5.41, 5.74) is 0.297. The molecule has 1 fully saturated rings. The van der Waals surface area contributed by atoms with Gasteiger partial charge in [-0.05, 0) is 12.5 Å². The molecule has 0 bridgehead atoms. The molecule has 0 saturated carbocycles. The molecule has 0 amide bonds. The quantitative estimate of drug-likeness (QED) is 0.800. The fraction of sp³-hybridized carbons (Fsp3) is 0.462. The summed E-state index contributed by atoms with van der Waals surface area (Å²) in [7, 11) is -2.09. The molecule has 1 atom stereocenters. The van der Waals surface area contributed by atoms with Gasteiger partial charge in [0.05, 0.1) is 0 Å². The molecular formula is C13H13F3N4O4S. The monoisotopic (exact) mass is 378 g/mol. The van der Waals surface area contributed by atoms with Gasteiger partial charge in [-0.2, -0.15) is 18.2 Å². The Bertz CT molecular complexity index is 868. The van der Waals surface area contributed by atoms with Gasteiger partial charge in [-0.15, -0.1) is 0 Å². The number of hydrogen-bond acceptors (Lipinski definition) is 7. The van der Waals surface area contributed by atoms with E-state index in [0.29, 0.717) is 18.5 Å². The number of alkyl halides is 3. The Morgan fingerprint density at radius 3 is 2.84 bits per heavy atom. The molecule has 0 N–H and O–H groups in total. The van der Waals surface area contributed by atoms with Crippen molar-refractivity contribution in [1.82, 2.24) is 19.4 Å². The maximum absolute atomic E-state index is 12.2. The zero-order valence-corrected chi connectivity index (χ0v) is 13.7. The first-order valence-corrected chi connectivity index (χ1v) is 8.62. The molecule has 12 heteroatoms. The highest BCUT2D eigenvalue weighted by molar-refractivity contribution is 7.89. The number of aromatic nitrogens is 3. The Labute approximate surface area is 140 Å². The Kier molecular flexibility index (Phi) is 4.41. The number of ether oxygens (including phenoxy) is 1. The predicted molar refractivity (Wildman–Crippen MR) is 78.0 cm³/mol. The first-order chi connectivity index (χ1) is 11.7. The lowest BCUT2D eigenvalue weighted by atomic mass is 10.2. The van der Waals surface area contributed by atoms with Crippen molar-refractivity contribution in [3.05, 3.63) is 24.2 Å². The molecule has 136 valence electrons. The summed E-state index contributed by atoms with van der Waals surface area (Å²) in [6, 6.07) is 2.67. The molecule has 3 heterocycles. The fourth-order valence-corrected chi connectivity index (χ4v) is 3.86. The van der Waals surface area contributed by atoms with Crippen LogP contribution in [0.4, 0.5) is 13.2 Å². The lowest BCUT2D eigenvalue weighted by Crippen LogP contribution is -2.22. The van der Waals surface area contributed by atoms with Crippen LogP contribution in [0.25, 0.3) is 11.4 Å². The van der Waals surface area contributed by atoms with E-state index in [1.807, 2.05) is 0 Å². The van der Waals surface area contributed by atoms with Gasteiger partial charge in [0.25, 0.3) is 0 Å². The van der Waals surface area contributed by atoms with Gasteiger partial charge < -0.3 is 9.26 Å². The van der Waals surface area contributed by atoms with Crippen molar-refractivity contribution < 1.29 is 30.8 Å². The van der Waals surface area contributed by atoms with E-state index in [1.54, 1.807) is 0 Å². The maximum Gasteiger partial charge on any atom is 0.422 e. The third kappa shape index (κ3) is 3.74. The minimum absolute atomic E-state index is 0.0408. The molecule has 0 radical (unpaired) electrons. The highest BCUT2D eigenvalue weighted by Gasteiger charge is 2.41. The van der Waals surface area contributed by atoms with Crippen LogP contribution < -0.4 is 4.74 Å². The Morgan fingerprint density at radius 1 is 1.44 bits per heavy atom. The molecule has 25 heavy (non-hydrogen) atoms. The smallest absolute Gasteiger partial charge is 0.422 e. The van der Waals surface area contributed by atoms with Gasteiger partial charge in [0, 0.05) is 31.4 Å². The fourth-order valence-electron chi connectivity index (χ4n) is 2.31. The van der Waals surface area contributed by atoms with Crippen LogP contribution in [0.2, 0.25) is 0 Å². The minimum Gasteiger partial charge on any atom is -0.468 e. The molecule has 0 aromatic carbocycles. The van der Waals surface area contributed by atoms with E-state index in [2.05, 4.69) is 19.9 Å². The number of rotatable bonds is 4. The van der Waals surface area contributed by atoms with Crippen molar-refractivity contribution in [2.75, 3.05) is 20.2 Å². The average molecular weight is 378 g/mol. The lowest BCUT2D eigenvalue weighted by molar-refractivity contribution is -0.154. The minimum atomic E-state index is -4.49. The van der Waals surface area contributed by atoms with E-state index in [1.165, 1.54) is 29.7 Å². The Morgan fingerprint density at radius 2 is 2.20 bits per heavy atom. The second kappa shape index (κ2) is 6.26. The molecule has 2 aromatic rings. The van der Waals surface area contributed by atoms with Crippen LogP contribution >= 0.6 is 0 Å². The van der Waals surface area contributed by atoms with E-state index in [0.717, 1.165) is 0 Å². The van der Waals surface area contributed by atoms with Crippen LogP contribution in [0.15, 0.2) is 22.9 Å². The van der Waals surface area contributed by atoms with E-state index in [9.17, 15) is 21.6 Å². The Hall–Kier alpha value is -2.21. The Balaban J connectivity index is 1.81. The molecule has 1 unspecified atom stereocenters. The number of halogens is 3. The summed E-state index contributed by atoms with van der Waals surface area (Å²) in [4.78, 5) is 7.73. The number of hydrogen-bond donors (Lipinski definition) is 0. The van der Waals surface area contributed by atoms with Gasteiger partial charge in [0.2, 0.25) is 27.6 Å². The number of sulfonamides is 1. The summed E-state index contributed by atoms with van der Waals surface area (Å²) in [6.07, 6.45) is -2.94. The summed E-state index contributed by atoms with van der Waals surface area (Å²) in [6.45, 7) is -1.14. The standard InChI is InChI=1S/C13H13F3N4O4S/c1-20-5-3-9(25(20,21)22)12-18-11(19-24-12)8-2-4-17-10(6-8)23-7-13(14,15)16/h2,4,6,9H,3,5,7H2,1H3. The average Bonchev–Trinajstić information content (AvgIpc) is 3.11. The molecule has 8 nitrogen and oxygen atoms in total. The molecule has 2 aromatic heterocycles. The molecule has 1 aliphatic heterocycles. The summed E-state index contributed by atoms with van der Waals surface area (Å²) >= 11 is 0. The molecule has 0 spiro atoms. The highest BCUT2D eigenvalue weighted by atomic mass is 32.2. The zero-order valence-electron chi connectivity index (χ0n) is 12.9. The first kappa shape index (κ1) is 17.6. The van der Waals surface area contributed by atoms with Crippen LogP contribution in [0, 0.1) is 0 Å². The van der Waals surface area contributed by atoms with Crippen molar-refractivity contribution >= 4 is 10.0 Å². The van der Waals surface area contributed by atoms with E-state index in [4.69, 9.17) is 4.52 Å². The zero-order chi connectivity index (χ0) is 18.2. The second-order valence-electron chi connectivity index (χ2n) is 5.39. The van der Waals surface area contributed by atoms with Crippen LogP contribution in [0.5, 0.6) is 5.88 Å². The lowest BCUT2D eigenvalue weighted by Gasteiger charge is -2.08. The third-order valence-corrected chi connectivity index (χ3v) is 5.80. The topological polar surface area (TPSA) is 98.4 Å². The number of nitrogens with zero attached hydrogens (tertiary/aromatic N) is 4. The van der Waals surface area contributed by atoms with E-state index in [-0.39, 0.29) is 17.6 Å². The summed E-state index contributed by atoms with van der Waals surface area (Å²) < 4.78 is 71.6. The van der Waals surface area contributed by atoms with Gasteiger partial charge >= 0.3 is 6.18 Å². The van der Waals surface area contributed by atoms with Crippen LogP contribution in [-0.2, 0) is 10.0 Å². The summed E-state index contributed by atoms with van der Waals surface area (Å²) in [5.74, 6) is -0.276. The summed E-state index contributed by atoms with van der Waals surface area (Å²) in [5, 5.41) is 2.77. The van der Waals surface area contributed by atoms with Gasteiger partial charge in [0.1, 0.15) is 0 Å². The van der Waals surface area contributed by atoms with Crippen molar-refractivity contribution in [3.8, 4) is 17.3 Å². The van der Waals surface area contributed by atoms with Gasteiger partial charge in [-0.3, -0.25) is 0 Å².